The van der Waals surface area contributed by atoms with Crippen molar-refractivity contribution in [2.45, 2.75) is 12.3 Å². The fraction of sp³-hybridized carbons (Fsp3) is 0.214. The lowest BCUT2D eigenvalue weighted by molar-refractivity contribution is 0.618. The summed E-state index contributed by atoms with van der Waals surface area (Å²) in [6.07, 6.45) is 4.56. The Kier molecular flexibility index (Phi) is 2.52. The smallest absolute Gasteiger partial charge is 0.123 e. The van der Waals surface area contributed by atoms with Gasteiger partial charge >= 0.3 is 0 Å². The molecule has 1 unspecified atom stereocenters. The molecule has 0 spiro atoms. The van der Waals surface area contributed by atoms with Crippen molar-refractivity contribution in [3.8, 4) is 0 Å². The van der Waals surface area contributed by atoms with Gasteiger partial charge in [0.1, 0.15) is 5.82 Å². The number of benzene rings is 1. The number of fused-ring (bicyclic) bond motifs is 1. The summed E-state index contributed by atoms with van der Waals surface area (Å²) < 4.78 is 13.3. The third-order valence-corrected chi connectivity index (χ3v) is 3.25. The van der Waals surface area contributed by atoms with Crippen LogP contribution in [0.2, 0.25) is 0 Å². The molecule has 1 aliphatic heterocycles. The van der Waals surface area contributed by atoms with Crippen LogP contribution in [0.1, 0.15) is 23.5 Å². The molecule has 0 aliphatic carbocycles. The SMILES string of the molecule is Fc1ccc2c(c1)C(c1ccncc1)CCN2. The minimum atomic E-state index is -0.175. The predicted octanol–water partition coefficient (Wildman–Crippen LogP) is 3.17. The number of hydrogen-bond donors (Lipinski definition) is 1. The number of aromatic nitrogens is 1. The van der Waals surface area contributed by atoms with Crippen molar-refractivity contribution in [3.05, 3.63) is 59.7 Å². The lowest BCUT2D eigenvalue weighted by atomic mass is 9.85. The molecule has 0 bridgehead atoms. The lowest BCUT2D eigenvalue weighted by Gasteiger charge is -2.27. The zero-order valence-electron chi connectivity index (χ0n) is 9.36. The van der Waals surface area contributed by atoms with E-state index in [2.05, 4.69) is 10.3 Å². The minimum Gasteiger partial charge on any atom is -0.385 e. The number of pyridine rings is 1. The van der Waals surface area contributed by atoms with E-state index in [4.69, 9.17) is 0 Å². The van der Waals surface area contributed by atoms with Gasteiger partial charge in [0.15, 0.2) is 0 Å². The summed E-state index contributed by atoms with van der Waals surface area (Å²) >= 11 is 0. The Morgan fingerprint density at radius 3 is 2.82 bits per heavy atom. The first kappa shape index (κ1) is 10.3. The molecule has 1 aromatic carbocycles. The maximum atomic E-state index is 13.3. The van der Waals surface area contributed by atoms with E-state index >= 15 is 0 Å². The molecule has 0 amide bonds. The van der Waals surface area contributed by atoms with Crippen LogP contribution < -0.4 is 5.32 Å². The van der Waals surface area contributed by atoms with Gasteiger partial charge in [0.25, 0.3) is 0 Å². The Balaban J connectivity index is 2.08. The third kappa shape index (κ3) is 1.88. The second-order valence-corrected chi connectivity index (χ2v) is 4.28. The predicted molar refractivity (Wildman–Crippen MR) is 65.6 cm³/mol. The number of nitrogens with one attached hydrogen (secondary N) is 1. The van der Waals surface area contributed by atoms with E-state index < -0.39 is 0 Å². The number of rotatable bonds is 1. The van der Waals surface area contributed by atoms with Gasteiger partial charge in [-0.15, -0.1) is 0 Å². The van der Waals surface area contributed by atoms with Crippen molar-refractivity contribution in [3.63, 3.8) is 0 Å². The van der Waals surface area contributed by atoms with Crippen LogP contribution in [-0.2, 0) is 0 Å². The molecular weight excluding hydrogens is 215 g/mol. The molecule has 0 radical (unpaired) electrons. The Labute approximate surface area is 99.5 Å². The largest absolute Gasteiger partial charge is 0.385 e. The second-order valence-electron chi connectivity index (χ2n) is 4.28. The summed E-state index contributed by atoms with van der Waals surface area (Å²) in [6.45, 7) is 0.922. The average molecular weight is 228 g/mol. The van der Waals surface area contributed by atoms with E-state index in [1.807, 2.05) is 18.2 Å². The van der Waals surface area contributed by atoms with Crippen LogP contribution in [0.25, 0.3) is 0 Å². The first-order valence-electron chi connectivity index (χ1n) is 5.78. The number of anilines is 1. The molecule has 2 nitrogen and oxygen atoms in total. The van der Waals surface area contributed by atoms with Crippen molar-refractivity contribution in [2.75, 3.05) is 11.9 Å². The fourth-order valence-electron chi connectivity index (χ4n) is 2.43. The average Bonchev–Trinajstić information content (AvgIpc) is 2.39. The maximum absolute atomic E-state index is 13.3. The second kappa shape index (κ2) is 4.17. The molecule has 17 heavy (non-hydrogen) atoms. The summed E-state index contributed by atoms with van der Waals surface area (Å²) in [5, 5.41) is 3.31. The van der Waals surface area contributed by atoms with E-state index in [9.17, 15) is 4.39 Å². The summed E-state index contributed by atoms with van der Waals surface area (Å²) in [5.41, 5.74) is 3.29. The Hall–Kier alpha value is -1.90. The third-order valence-electron chi connectivity index (χ3n) is 3.25. The molecule has 1 N–H and O–H groups in total. The van der Waals surface area contributed by atoms with Crippen molar-refractivity contribution in [1.29, 1.82) is 0 Å². The molecular formula is C14H13FN2. The maximum Gasteiger partial charge on any atom is 0.123 e. The Morgan fingerprint density at radius 1 is 1.18 bits per heavy atom. The van der Waals surface area contributed by atoms with Gasteiger partial charge in [-0.25, -0.2) is 4.39 Å². The summed E-state index contributed by atoms with van der Waals surface area (Å²) in [5.74, 6) is 0.0939. The monoisotopic (exact) mass is 228 g/mol. The molecule has 1 atom stereocenters. The first-order valence-corrected chi connectivity index (χ1v) is 5.78. The van der Waals surface area contributed by atoms with Gasteiger partial charge in [-0.05, 0) is 47.9 Å². The summed E-state index contributed by atoms with van der Waals surface area (Å²) in [4.78, 5) is 4.02. The zero-order valence-corrected chi connectivity index (χ0v) is 9.36. The van der Waals surface area contributed by atoms with Crippen molar-refractivity contribution in [2.24, 2.45) is 0 Å². The lowest BCUT2D eigenvalue weighted by Crippen LogP contribution is -2.17. The van der Waals surface area contributed by atoms with Crippen LogP contribution in [0.15, 0.2) is 42.7 Å². The van der Waals surface area contributed by atoms with Gasteiger partial charge in [0.05, 0.1) is 0 Å². The van der Waals surface area contributed by atoms with Crippen molar-refractivity contribution < 1.29 is 4.39 Å². The van der Waals surface area contributed by atoms with Crippen LogP contribution in [0, 0.1) is 5.82 Å². The molecule has 2 aromatic rings. The van der Waals surface area contributed by atoms with E-state index in [0.29, 0.717) is 0 Å². The number of hydrogen-bond acceptors (Lipinski definition) is 2. The van der Waals surface area contributed by atoms with Gasteiger partial charge in [-0.2, -0.15) is 0 Å². The Bertz CT molecular complexity index is 525. The normalized spacial score (nSPS) is 18.3. The van der Waals surface area contributed by atoms with Gasteiger partial charge < -0.3 is 5.32 Å². The number of nitrogens with zero attached hydrogens (tertiary/aromatic N) is 1. The van der Waals surface area contributed by atoms with Gasteiger partial charge in [0, 0.05) is 30.5 Å². The molecule has 3 heteroatoms. The zero-order chi connectivity index (χ0) is 11.7. The van der Waals surface area contributed by atoms with Crippen molar-refractivity contribution in [1.82, 2.24) is 4.98 Å². The summed E-state index contributed by atoms with van der Waals surface area (Å²) in [6, 6.07) is 8.96. The van der Waals surface area contributed by atoms with Crippen LogP contribution in [0.3, 0.4) is 0 Å². The molecule has 0 fully saturated rings. The van der Waals surface area contributed by atoms with Crippen molar-refractivity contribution >= 4 is 5.69 Å². The van der Waals surface area contributed by atoms with E-state index in [-0.39, 0.29) is 11.7 Å². The molecule has 86 valence electrons. The molecule has 0 saturated heterocycles. The molecule has 3 rings (SSSR count). The molecule has 1 aromatic heterocycles. The van der Waals surface area contributed by atoms with Crippen LogP contribution >= 0.6 is 0 Å². The number of halogens is 1. The van der Waals surface area contributed by atoms with Crippen LogP contribution in [0.5, 0.6) is 0 Å². The quantitative estimate of drug-likeness (QED) is 0.811. The van der Waals surface area contributed by atoms with E-state index in [1.165, 1.54) is 11.6 Å². The highest BCUT2D eigenvalue weighted by atomic mass is 19.1. The minimum absolute atomic E-state index is 0.175. The fourth-order valence-corrected chi connectivity index (χ4v) is 2.43. The van der Waals surface area contributed by atoms with Gasteiger partial charge in [0.2, 0.25) is 0 Å². The molecule has 2 heterocycles. The highest BCUT2D eigenvalue weighted by molar-refractivity contribution is 5.57. The van der Waals surface area contributed by atoms with E-state index in [0.717, 1.165) is 24.2 Å². The van der Waals surface area contributed by atoms with Crippen LogP contribution in [0.4, 0.5) is 10.1 Å². The van der Waals surface area contributed by atoms with Gasteiger partial charge in [-0.3, -0.25) is 4.98 Å². The van der Waals surface area contributed by atoms with Gasteiger partial charge in [-0.1, -0.05) is 0 Å². The topological polar surface area (TPSA) is 24.9 Å². The van der Waals surface area contributed by atoms with Crippen LogP contribution in [-0.4, -0.2) is 11.5 Å². The standard InChI is InChI=1S/C14H13FN2/c15-11-1-2-14-13(9-11)12(5-8-17-14)10-3-6-16-7-4-10/h1-4,6-7,9,12,17H,5,8H2. The molecule has 0 saturated carbocycles. The summed E-state index contributed by atoms with van der Waals surface area (Å²) in [7, 11) is 0. The van der Waals surface area contributed by atoms with E-state index in [1.54, 1.807) is 18.5 Å². The highest BCUT2D eigenvalue weighted by Crippen LogP contribution is 2.36. The highest BCUT2D eigenvalue weighted by Gasteiger charge is 2.21. The first-order chi connectivity index (χ1) is 8.34. The molecule has 1 aliphatic rings. The Morgan fingerprint density at radius 2 is 2.00 bits per heavy atom.